The van der Waals surface area contributed by atoms with Crippen LogP contribution in [0, 0.1) is 5.92 Å². The van der Waals surface area contributed by atoms with Crippen molar-refractivity contribution in [3.63, 3.8) is 0 Å². The zero-order chi connectivity index (χ0) is 8.44. The minimum atomic E-state index is -0.221. The SMILES string of the molecule is OC1(CCC2CC=CCC2)CC1. The Morgan fingerprint density at radius 1 is 1.33 bits per heavy atom. The largest absolute Gasteiger partial charge is 0.390 e. The molecule has 1 nitrogen and oxygen atoms in total. The highest BCUT2D eigenvalue weighted by atomic mass is 16.3. The molecule has 0 aromatic carbocycles. The van der Waals surface area contributed by atoms with Crippen LogP contribution in [0.15, 0.2) is 12.2 Å². The molecule has 0 spiro atoms. The quantitative estimate of drug-likeness (QED) is 0.639. The van der Waals surface area contributed by atoms with E-state index < -0.39 is 0 Å². The zero-order valence-electron chi connectivity index (χ0n) is 7.63. The van der Waals surface area contributed by atoms with E-state index in [1.807, 2.05) is 0 Å². The molecule has 2 rings (SSSR count). The van der Waals surface area contributed by atoms with E-state index in [0.717, 1.165) is 25.2 Å². The van der Waals surface area contributed by atoms with Gasteiger partial charge in [0.2, 0.25) is 0 Å². The molecule has 0 aliphatic heterocycles. The van der Waals surface area contributed by atoms with E-state index in [1.54, 1.807) is 0 Å². The van der Waals surface area contributed by atoms with Gasteiger partial charge in [0, 0.05) is 0 Å². The van der Waals surface area contributed by atoms with Gasteiger partial charge in [0.25, 0.3) is 0 Å². The fourth-order valence-electron chi connectivity index (χ4n) is 1.99. The Hall–Kier alpha value is -0.300. The Morgan fingerprint density at radius 2 is 2.17 bits per heavy atom. The molecule has 1 fully saturated rings. The van der Waals surface area contributed by atoms with Gasteiger partial charge in [-0.2, -0.15) is 0 Å². The van der Waals surface area contributed by atoms with Gasteiger partial charge in [-0.25, -0.2) is 0 Å². The highest BCUT2D eigenvalue weighted by Crippen LogP contribution is 2.41. The minimum Gasteiger partial charge on any atom is -0.390 e. The van der Waals surface area contributed by atoms with E-state index in [1.165, 1.54) is 25.7 Å². The molecule has 2 aliphatic rings. The van der Waals surface area contributed by atoms with Gasteiger partial charge in [-0.05, 0) is 50.9 Å². The summed E-state index contributed by atoms with van der Waals surface area (Å²) in [5, 5.41) is 9.64. The summed E-state index contributed by atoms with van der Waals surface area (Å²) < 4.78 is 0. The average Bonchev–Trinajstić information content (AvgIpc) is 2.84. The van der Waals surface area contributed by atoms with Crippen LogP contribution in [0.4, 0.5) is 0 Å². The van der Waals surface area contributed by atoms with E-state index in [4.69, 9.17) is 0 Å². The topological polar surface area (TPSA) is 20.2 Å². The molecule has 1 atom stereocenters. The molecule has 12 heavy (non-hydrogen) atoms. The van der Waals surface area contributed by atoms with Crippen molar-refractivity contribution >= 4 is 0 Å². The predicted octanol–water partition coefficient (Wildman–Crippen LogP) is 2.65. The monoisotopic (exact) mass is 166 g/mol. The Balaban J connectivity index is 1.69. The average molecular weight is 166 g/mol. The number of allylic oxidation sites excluding steroid dienone is 2. The lowest BCUT2D eigenvalue weighted by molar-refractivity contribution is 0.129. The van der Waals surface area contributed by atoms with Gasteiger partial charge in [-0.3, -0.25) is 0 Å². The smallest absolute Gasteiger partial charge is 0.0650 e. The molecule has 0 radical (unpaired) electrons. The molecule has 1 unspecified atom stereocenters. The van der Waals surface area contributed by atoms with Crippen molar-refractivity contribution in [2.75, 3.05) is 0 Å². The van der Waals surface area contributed by atoms with Gasteiger partial charge in [0.05, 0.1) is 5.60 Å². The van der Waals surface area contributed by atoms with Crippen LogP contribution in [0.5, 0.6) is 0 Å². The lowest BCUT2D eigenvalue weighted by Gasteiger charge is -2.18. The summed E-state index contributed by atoms with van der Waals surface area (Å²) in [6.07, 6.45) is 12.8. The van der Waals surface area contributed by atoms with Crippen molar-refractivity contribution in [1.29, 1.82) is 0 Å². The first-order valence-corrected chi connectivity index (χ1v) is 5.16. The van der Waals surface area contributed by atoms with Crippen molar-refractivity contribution in [2.45, 2.75) is 50.5 Å². The van der Waals surface area contributed by atoms with E-state index in [0.29, 0.717) is 0 Å². The van der Waals surface area contributed by atoms with Gasteiger partial charge in [0.1, 0.15) is 0 Å². The van der Waals surface area contributed by atoms with Crippen LogP contribution in [0.3, 0.4) is 0 Å². The molecule has 0 amide bonds. The summed E-state index contributed by atoms with van der Waals surface area (Å²) in [5.41, 5.74) is -0.221. The third-order valence-electron chi connectivity index (χ3n) is 3.22. The summed E-state index contributed by atoms with van der Waals surface area (Å²) >= 11 is 0. The van der Waals surface area contributed by atoms with Gasteiger partial charge in [-0.15, -0.1) is 0 Å². The van der Waals surface area contributed by atoms with Crippen LogP contribution >= 0.6 is 0 Å². The molecular weight excluding hydrogens is 148 g/mol. The van der Waals surface area contributed by atoms with E-state index in [2.05, 4.69) is 12.2 Å². The molecular formula is C11H18O. The van der Waals surface area contributed by atoms with Crippen molar-refractivity contribution in [3.05, 3.63) is 12.2 Å². The van der Waals surface area contributed by atoms with Gasteiger partial charge in [0.15, 0.2) is 0 Å². The lowest BCUT2D eigenvalue weighted by Crippen LogP contribution is -2.11. The maximum absolute atomic E-state index is 9.64. The highest BCUT2D eigenvalue weighted by molar-refractivity contribution is 4.95. The number of hydrogen-bond acceptors (Lipinski definition) is 1. The van der Waals surface area contributed by atoms with E-state index >= 15 is 0 Å². The van der Waals surface area contributed by atoms with Crippen LogP contribution in [0.2, 0.25) is 0 Å². The second kappa shape index (κ2) is 3.21. The maximum atomic E-state index is 9.64. The third kappa shape index (κ3) is 2.10. The first-order valence-electron chi connectivity index (χ1n) is 5.16. The Kier molecular flexibility index (Phi) is 2.22. The molecule has 0 aromatic heterocycles. The van der Waals surface area contributed by atoms with Crippen molar-refractivity contribution in [2.24, 2.45) is 5.92 Å². The summed E-state index contributed by atoms with van der Waals surface area (Å²) in [7, 11) is 0. The van der Waals surface area contributed by atoms with Crippen LogP contribution in [-0.4, -0.2) is 10.7 Å². The molecule has 0 heterocycles. The lowest BCUT2D eigenvalue weighted by atomic mass is 9.89. The van der Waals surface area contributed by atoms with Crippen LogP contribution in [-0.2, 0) is 0 Å². The maximum Gasteiger partial charge on any atom is 0.0650 e. The summed E-state index contributed by atoms with van der Waals surface area (Å²) in [6, 6.07) is 0. The Bertz CT molecular complexity index is 179. The van der Waals surface area contributed by atoms with Crippen molar-refractivity contribution < 1.29 is 5.11 Å². The van der Waals surface area contributed by atoms with Gasteiger partial charge < -0.3 is 5.11 Å². The molecule has 1 saturated carbocycles. The number of rotatable bonds is 3. The number of aliphatic hydroxyl groups is 1. The third-order valence-corrected chi connectivity index (χ3v) is 3.22. The Labute approximate surface area is 74.5 Å². The molecule has 68 valence electrons. The highest BCUT2D eigenvalue weighted by Gasteiger charge is 2.39. The Morgan fingerprint density at radius 3 is 2.75 bits per heavy atom. The second-order valence-electron chi connectivity index (χ2n) is 4.41. The minimum absolute atomic E-state index is 0.221. The molecule has 1 heteroatoms. The first-order chi connectivity index (χ1) is 5.79. The fraction of sp³-hybridized carbons (Fsp3) is 0.818. The van der Waals surface area contributed by atoms with Crippen molar-refractivity contribution in [3.8, 4) is 0 Å². The van der Waals surface area contributed by atoms with Crippen LogP contribution in [0.25, 0.3) is 0 Å². The standard InChI is InChI=1S/C11H18O/c12-11(8-9-11)7-6-10-4-2-1-3-5-10/h1-2,10,12H,3-9H2. The first kappa shape index (κ1) is 8.31. The van der Waals surface area contributed by atoms with Crippen molar-refractivity contribution in [1.82, 2.24) is 0 Å². The molecule has 1 N–H and O–H groups in total. The summed E-state index contributed by atoms with van der Waals surface area (Å²) in [4.78, 5) is 0. The molecule has 0 saturated heterocycles. The number of hydrogen-bond donors (Lipinski definition) is 1. The molecule has 0 bridgehead atoms. The van der Waals surface area contributed by atoms with E-state index in [-0.39, 0.29) is 5.60 Å². The van der Waals surface area contributed by atoms with E-state index in [9.17, 15) is 5.11 Å². The fourth-order valence-corrected chi connectivity index (χ4v) is 1.99. The summed E-state index contributed by atoms with van der Waals surface area (Å²) in [5.74, 6) is 0.861. The van der Waals surface area contributed by atoms with Crippen LogP contribution < -0.4 is 0 Å². The van der Waals surface area contributed by atoms with Gasteiger partial charge >= 0.3 is 0 Å². The summed E-state index contributed by atoms with van der Waals surface area (Å²) in [6.45, 7) is 0. The molecule has 2 aliphatic carbocycles. The van der Waals surface area contributed by atoms with Gasteiger partial charge in [-0.1, -0.05) is 12.2 Å². The normalized spacial score (nSPS) is 31.9. The zero-order valence-corrected chi connectivity index (χ0v) is 7.63. The predicted molar refractivity (Wildman–Crippen MR) is 49.9 cm³/mol. The molecule has 0 aromatic rings. The second-order valence-corrected chi connectivity index (χ2v) is 4.41. The van der Waals surface area contributed by atoms with Crippen LogP contribution in [0.1, 0.15) is 44.9 Å².